The molecule has 1 aliphatic heterocycles. The molecule has 0 unspecified atom stereocenters. The van der Waals surface area contributed by atoms with E-state index in [1.165, 1.54) is 24.2 Å². The van der Waals surface area contributed by atoms with E-state index in [4.69, 9.17) is 0 Å². The van der Waals surface area contributed by atoms with E-state index < -0.39 is 29.7 Å². The molecule has 1 aliphatic rings. The van der Waals surface area contributed by atoms with Crippen molar-refractivity contribution in [2.75, 3.05) is 7.11 Å². The number of benzene rings is 1. The Bertz CT molecular complexity index is 647. The molecule has 0 bridgehead atoms. The zero-order valence-electron chi connectivity index (χ0n) is 13.2. The number of rotatable bonds is 5. The van der Waals surface area contributed by atoms with Crippen molar-refractivity contribution in [3.63, 3.8) is 0 Å². The van der Waals surface area contributed by atoms with Gasteiger partial charge in [0.15, 0.2) is 11.6 Å². The first-order valence-electron chi connectivity index (χ1n) is 7.64. The number of ether oxygens (including phenoxy) is 1. The Morgan fingerprint density at radius 1 is 1.33 bits per heavy atom. The van der Waals surface area contributed by atoms with Crippen LogP contribution in [0.2, 0.25) is 0 Å². The lowest BCUT2D eigenvalue weighted by atomic mass is 10.0. The fraction of sp³-hybridized carbons (Fsp3) is 0.412. The normalized spacial score (nSPS) is 20.5. The van der Waals surface area contributed by atoms with Crippen molar-refractivity contribution >= 4 is 12.1 Å². The molecular formula is C17H19F2NO4. The van der Waals surface area contributed by atoms with Crippen molar-refractivity contribution in [3.05, 3.63) is 47.5 Å². The second-order valence-electron chi connectivity index (χ2n) is 5.61. The topological polar surface area (TPSA) is 66.8 Å². The summed E-state index contributed by atoms with van der Waals surface area (Å²) < 4.78 is 31.0. The third-order valence-electron chi connectivity index (χ3n) is 4.17. The molecule has 7 heteroatoms. The largest absolute Gasteiger partial charge is 0.466 e. The van der Waals surface area contributed by atoms with Crippen LogP contribution in [0, 0.1) is 11.6 Å². The molecule has 0 aliphatic carbocycles. The highest BCUT2D eigenvalue weighted by molar-refractivity contribution is 5.81. The zero-order chi connectivity index (χ0) is 17.7. The van der Waals surface area contributed by atoms with Gasteiger partial charge in [0, 0.05) is 12.1 Å². The summed E-state index contributed by atoms with van der Waals surface area (Å²) in [6, 6.07) is 2.75. The minimum atomic E-state index is -1.09. The molecule has 2 atom stereocenters. The number of amides is 1. The van der Waals surface area contributed by atoms with Gasteiger partial charge in [-0.2, -0.15) is 0 Å². The quantitative estimate of drug-likeness (QED) is 0.657. The zero-order valence-corrected chi connectivity index (χ0v) is 13.2. The Hall–Kier alpha value is -2.44. The molecule has 0 radical (unpaired) electrons. The van der Waals surface area contributed by atoms with E-state index in [0.29, 0.717) is 31.2 Å². The summed E-state index contributed by atoms with van der Waals surface area (Å²) in [6.07, 6.45) is 4.08. The second-order valence-corrected chi connectivity index (χ2v) is 5.61. The summed E-state index contributed by atoms with van der Waals surface area (Å²) in [5, 5.41) is 9.49. The summed E-state index contributed by atoms with van der Waals surface area (Å²) >= 11 is 0. The fourth-order valence-corrected chi connectivity index (χ4v) is 3.04. The Morgan fingerprint density at radius 2 is 2.08 bits per heavy atom. The number of likely N-dealkylation sites (tertiary alicyclic amines) is 1. The van der Waals surface area contributed by atoms with E-state index in [-0.39, 0.29) is 6.04 Å². The molecule has 1 aromatic rings. The standard InChI is InChI=1S/C17H19F2NO4/c1-24-16(21)5-3-2-4-12-7-9-15(20(12)17(22)23)11-6-8-13(18)14(19)10-11/h3,5-6,8,10,12,15H,2,4,7,9H2,1H3,(H,22,23)/b5-3+/t12-,15-/m1/s1. The average molecular weight is 339 g/mol. The van der Waals surface area contributed by atoms with E-state index in [1.54, 1.807) is 6.08 Å². The number of carbonyl (C=O) groups is 2. The average Bonchev–Trinajstić information content (AvgIpc) is 2.98. The summed E-state index contributed by atoms with van der Waals surface area (Å²) in [5.74, 6) is -2.40. The monoisotopic (exact) mass is 339 g/mol. The van der Waals surface area contributed by atoms with Crippen molar-refractivity contribution in [1.82, 2.24) is 4.90 Å². The van der Waals surface area contributed by atoms with Gasteiger partial charge in [-0.1, -0.05) is 12.1 Å². The van der Waals surface area contributed by atoms with Gasteiger partial charge < -0.3 is 9.84 Å². The van der Waals surface area contributed by atoms with Crippen LogP contribution in [0.15, 0.2) is 30.4 Å². The van der Waals surface area contributed by atoms with E-state index in [0.717, 1.165) is 12.1 Å². The van der Waals surface area contributed by atoms with Gasteiger partial charge in [-0.15, -0.1) is 0 Å². The van der Waals surface area contributed by atoms with Crippen LogP contribution in [-0.2, 0) is 9.53 Å². The number of carbonyl (C=O) groups excluding carboxylic acids is 1. The Balaban J connectivity index is 2.07. The lowest BCUT2D eigenvalue weighted by Crippen LogP contribution is -2.36. The molecule has 2 rings (SSSR count). The summed E-state index contributed by atoms with van der Waals surface area (Å²) in [7, 11) is 1.28. The van der Waals surface area contributed by atoms with Gasteiger partial charge in [-0.05, 0) is 43.4 Å². The molecule has 0 aromatic heterocycles. The smallest absolute Gasteiger partial charge is 0.408 e. The van der Waals surface area contributed by atoms with Gasteiger partial charge in [0.1, 0.15) is 0 Å². The maximum absolute atomic E-state index is 13.4. The summed E-state index contributed by atoms with van der Waals surface area (Å²) in [6.45, 7) is 0. The van der Waals surface area contributed by atoms with Crippen LogP contribution in [0.5, 0.6) is 0 Å². The van der Waals surface area contributed by atoms with Crippen LogP contribution in [0.4, 0.5) is 13.6 Å². The van der Waals surface area contributed by atoms with Crippen LogP contribution in [0.1, 0.15) is 37.3 Å². The van der Waals surface area contributed by atoms with Crippen molar-refractivity contribution < 1.29 is 28.2 Å². The predicted octanol–water partition coefficient (Wildman–Crippen LogP) is 3.66. The van der Waals surface area contributed by atoms with E-state index in [2.05, 4.69) is 4.74 Å². The van der Waals surface area contributed by atoms with Crippen molar-refractivity contribution in [2.45, 2.75) is 37.8 Å². The molecule has 5 nitrogen and oxygen atoms in total. The lowest BCUT2D eigenvalue weighted by Gasteiger charge is -2.27. The number of allylic oxidation sites excluding steroid dienone is 1. The van der Waals surface area contributed by atoms with E-state index in [1.807, 2.05) is 0 Å². The van der Waals surface area contributed by atoms with Crippen molar-refractivity contribution in [2.24, 2.45) is 0 Å². The highest BCUT2D eigenvalue weighted by Crippen LogP contribution is 2.38. The summed E-state index contributed by atoms with van der Waals surface area (Å²) in [4.78, 5) is 23.9. The SMILES string of the molecule is COC(=O)/C=C/CC[C@@H]1CC[C@H](c2ccc(F)c(F)c2)N1C(=O)O. The van der Waals surface area contributed by atoms with Crippen LogP contribution in [0.25, 0.3) is 0 Å². The first kappa shape index (κ1) is 17.9. The molecule has 1 fully saturated rings. The van der Waals surface area contributed by atoms with Gasteiger partial charge in [0.25, 0.3) is 0 Å². The van der Waals surface area contributed by atoms with Gasteiger partial charge >= 0.3 is 12.1 Å². The number of esters is 1. The molecule has 0 spiro atoms. The number of hydrogen-bond donors (Lipinski definition) is 1. The molecule has 130 valence electrons. The Morgan fingerprint density at radius 3 is 2.71 bits per heavy atom. The summed E-state index contributed by atoms with van der Waals surface area (Å²) in [5.41, 5.74) is 0.448. The lowest BCUT2D eigenvalue weighted by molar-refractivity contribution is -0.134. The first-order chi connectivity index (χ1) is 11.4. The molecule has 1 saturated heterocycles. The van der Waals surface area contributed by atoms with E-state index in [9.17, 15) is 23.5 Å². The predicted molar refractivity (Wildman–Crippen MR) is 82.4 cm³/mol. The number of nitrogens with zero attached hydrogens (tertiary/aromatic N) is 1. The third kappa shape index (κ3) is 4.10. The molecule has 1 amide bonds. The molecule has 1 aromatic carbocycles. The van der Waals surface area contributed by atoms with Gasteiger partial charge in [0.2, 0.25) is 0 Å². The minimum Gasteiger partial charge on any atom is -0.466 e. The Labute approximate surface area is 138 Å². The highest BCUT2D eigenvalue weighted by Gasteiger charge is 2.37. The maximum Gasteiger partial charge on any atom is 0.408 e. The molecule has 1 heterocycles. The second kappa shape index (κ2) is 7.90. The minimum absolute atomic E-state index is 0.233. The van der Waals surface area contributed by atoms with Crippen molar-refractivity contribution in [1.29, 1.82) is 0 Å². The van der Waals surface area contributed by atoms with Gasteiger partial charge in [-0.3, -0.25) is 4.90 Å². The van der Waals surface area contributed by atoms with Crippen LogP contribution < -0.4 is 0 Å². The van der Waals surface area contributed by atoms with Crippen LogP contribution >= 0.6 is 0 Å². The maximum atomic E-state index is 13.4. The van der Waals surface area contributed by atoms with Crippen LogP contribution in [-0.4, -0.2) is 35.2 Å². The molecule has 24 heavy (non-hydrogen) atoms. The number of halogens is 2. The highest BCUT2D eigenvalue weighted by atomic mass is 19.2. The van der Waals surface area contributed by atoms with E-state index >= 15 is 0 Å². The third-order valence-corrected chi connectivity index (χ3v) is 4.17. The fourth-order valence-electron chi connectivity index (χ4n) is 3.04. The molecular weight excluding hydrogens is 320 g/mol. The number of hydrogen-bond acceptors (Lipinski definition) is 3. The van der Waals surface area contributed by atoms with Crippen molar-refractivity contribution in [3.8, 4) is 0 Å². The molecule has 1 N–H and O–H groups in total. The first-order valence-corrected chi connectivity index (χ1v) is 7.64. The number of carboxylic acid groups (broad SMARTS) is 1. The van der Waals surface area contributed by atoms with Gasteiger partial charge in [0.05, 0.1) is 13.2 Å². The Kier molecular flexibility index (Phi) is 5.89. The number of methoxy groups -OCH3 is 1. The molecule has 0 saturated carbocycles. The van der Waals surface area contributed by atoms with Crippen LogP contribution in [0.3, 0.4) is 0 Å². The van der Waals surface area contributed by atoms with Gasteiger partial charge in [-0.25, -0.2) is 18.4 Å².